The van der Waals surface area contributed by atoms with E-state index in [9.17, 15) is 9.59 Å². The molecule has 0 bridgehead atoms. The average molecular weight is 469 g/mol. The number of pyridine rings is 1. The van der Waals surface area contributed by atoms with Gasteiger partial charge in [0.25, 0.3) is 5.91 Å². The molecule has 178 valence electrons. The van der Waals surface area contributed by atoms with E-state index >= 15 is 0 Å². The number of hydrogen-bond donors (Lipinski definition) is 2. The first kappa shape index (κ1) is 22.8. The lowest BCUT2D eigenvalue weighted by atomic mass is 9.99. The zero-order valence-corrected chi connectivity index (χ0v) is 19.7. The number of piperidine rings is 1. The van der Waals surface area contributed by atoms with Gasteiger partial charge in [0, 0.05) is 41.4 Å². The number of anilines is 2. The third kappa shape index (κ3) is 4.95. The number of amides is 1. The maximum Gasteiger partial charge on any atom is 0.337 e. The van der Waals surface area contributed by atoms with Gasteiger partial charge in [0.1, 0.15) is 0 Å². The van der Waals surface area contributed by atoms with Crippen LogP contribution in [0.25, 0.3) is 11.3 Å². The molecule has 3 heterocycles. The highest BCUT2D eigenvalue weighted by Crippen LogP contribution is 2.38. The molecule has 1 amide bonds. The number of fused-ring (bicyclic) bond motifs is 1. The highest BCUT2D eigenvalue weighted by atomic mass is 16.5. The number of benzene rings is 2. The maximum absolute atomic E-state index is 13.1. The Kier molecular flexibility index (Phi) is 6.59. The molecule has 1 aromatic heterocycles. The zero-order valence-electron chi connectivity index (χ0n) is 19.7. The summed E-state index contributed by atoms with van der Waals surface area (Å²) in [7, 11) is 1.34. The van der Waals surface area contributed by atoms with Gasteiger partial charge in [0.2, 0.25) is 0 Å². The van der Waals surface area contributed by atoms with Crippen molar-refractivity contribution in [2.75, 3.05) is 30.8 Å². The van der Waals surface area contributed by atoms with Crippen molar-refractivity contribution in [1.29, 1.82) is 0 Å². The van der Waals surface area contributed by atoms with Crippen molar-refractivity contribution in [3.05, 3.63) is 89.2 Å². The zero-order chi connectivity index (χ0) is 24.2. The molecule has 3 aromatic rings. The summed E-state index contributed by atoms with van der Waals surface area (Å²) >= 11 is 0. The molecule has 0 unspecified atom stereocenters. The van der Waals surface area contributed by atoms with E-state index in [1.165, 1.54) is 31.9 Å². The highest BCUT2D eigenvalue weighted by Gasteiger charge is 2.29. The molecular weight excluding hydrogens is 440 g/mol. The maximum atomic E-state index is 13.1. The third-order valence-corrected chi connectivity index (χ3v) is 6.46. The fourth-order valence-electron chi connectivity index (χ4n) is 4.66. The van der Waals surface area contributed by atoms with E-state index in [-0.39, 0.29) is 5.91 Å². The predicted molar refractivity (Wildman–Crippen MR) is 137 cm³/mol. The second-order valence-electron chi connectivity index (χ2n) is 8.86. The van der Waals surface area contributed by atoms with Crippen LogP contribution in [0.1, 0.15) is 46.3 Å². The molecule has 35 heavy (non-hydrogen) atoms. The van der Waals surface area contributed by atoms with Crippen molar-refractivity contribution in [2.45, 2.75) is 25.8 Å². The van der Waals surface area contributed by atoms with Crippen LogP contribution in [0.4, 0.5) is 11.4 Å². The lowest BCUT2D eigenvalue weighted by molar-refractivity contribution is -0.110. The topological polar surface area (TPSA) is 83.6 Å². The molecular formula is C28H28N4O3. The predicted octanol–water partition coefficient (Wildman–Crippen LogP) is 4.79. The highest BCUT2D eigenvalue weighted by molar-refractivity contribution is 6.37. The van der Waals surface area contributed by atoms with Crippen LogP contribution < -0.4 is 10.6 Å². The first-order valence-corrected chi connectivity index (χ1v) is 11.9. The monoisotopic (exact) mass is 468 g/mol. The largest absolute Gasteiger partial charge is 0.465 e. The van der Waals surface area contributed by atoms with Crippen LogP contribution >= 0.6 is 0 Å². The van der Waals surface area contributed by atoms with Gasteiger partial charge in [-0.25, -0.2) is 4.79 Å². The van der Waals surface area contributed by atoms with Crippen LogP contribution in [0.5, 0.6) is 0 Å². The van der Waals surface area contributed by atoms with Crippen LogP contribution in [-0.4, -0.2) is 42.0 Å². The number of methoxy groups -OCH3 is 1. The van der Waals surface area contributed by atoms with Gasteiger partial charge in [0.15, 0.2) is 0 Å². The van der Waals surface area contributed by atoms with Gasteiger partial charge in [-0.1, -0.05) is 18.6 Å². The standard InChI is InChI=1S/C28H28N4O3/c1-35-28(34)20-9-12-24-23(16-20)25(27(33)31-24)26(21-6-5-13-29-17-21)30-22-10-7-19(8-11-22)18-32-14-3-2-4-15-32/h5-13,16-17,30H,2-4,14-15,18H2,1H3,(H,31,33)/b26-25-. The van der Waals surface area contributed by atoms with E-state index in [2.05, 4.69) is 32.7 Å². The van der Waals surface area contributed by atoms with Crippen LogP contribution in [0.3, 0.4) is 0 Å². The Morgan fingerprint density at radius 1 is 1.06 bits per heavy atom. The van der Waals surface area contributed by atoms with E-state index in [1.54, 1.807) is 30.6 Å². The lowest BCUT2D eigenvalue weighted by Crippen LogP contribution is -2.29. The Morgan fingerprint density at radius 2 is 1.86 bits per heavy atom. The van der Waals surface area contributed by atoms with Crippen molar-refractivity contribution in [2.24, 2.45) is 0 Å². The second kappa shape index (κ2) is 10.1. The summed E-state index contributed by atoms with van der Waals surface area (Å²) in [4.78, 5) is 32.0. The summed E-state index contributed by atoms with van der Waals surface area (Å²) in [6.45, 7) is 3.25. The first-order chi connectivity index (χ1) is 17.1. The number of carbonyl (C=O) groups excluding carboxylic acids is 2. The molecule has 2 aromatic carbocycles. The number of nitrogens with zero attached hydrogens (tertiary/aromatic N) is 2. The Bertz CT molecular complexity index is 1260. The number of aromatic nitrogens is 1. The van der Waals surface area contributed by atoms with Crippen LogP contribution in [0.15, 0.2) is 67.0 Å². The number of nitrogens with one attached hydrogen (secondary N) is 2. The average Bonchev–Trinajstić information content (AvgIpc) is 3.23. The number of ether oxygens (including phenoxy) is 1. The van der Waals surface area contributed by atoms with Gasteiger partial charge < -0.3 is 15.4 Å². The number of esters is 1. The van der Waals surface area contributed by atoms with Crippen LogP contribution in [-0.2, 0) is 16.1 Å². The Morgan fingerprint density at radius 3 is 2.57 bits per heavy atom. The summed E-state index contributed by atoms with van der Waals surface area (Å²) in [6, 6.07) is 17.1. The van der Waals surface area contributed by atoms with E-state index < -0.39 is 5.97 Å². The number of carbonyl (C=O) groups is 2. The Balaban J connectivity index is 1.50. The summed E-state index contributed by atoms with van der Waals surface area (Å²) in [5.74, 6) is -0.693. The van der Waals surface area contributed by atoms with Gasteiger partial charge in [-0.2, -0.15) is 0 Å². The molecule has 7 heteroatoms. The van der Waals surface area contributed by atoms with Gasteiger partial charge in [-0.3, -0.25) is 14.7 Å². The van der Waals surface area contributed by atoms with Gasteiger partial charge in [-0.05, 0) is 74.0 Å². The van der Waals surface area contributed by atoms with Crippen LogP contribution in [0.2, 0.25) is 0 Å². The number of hydrogen-bond acceptors (Lipinski definition) is 6. The summed E-state index contributed by atoms with van der Waals surface area (Å²) in [6.07, 6.45) is 7.27. The minimum absolute atomic E-state index is 0.241. The smallest absolute Gasteiger partial charge is 0.337 e. The van der Waals surface area contributed by atoms with Crippen molar-refractivity contribution < 1.29 is 14.3 Å². The second-order valence-corrected chi connectivity index (χ2v) is 8.86. The quantitative estimate of drug-likeness (QED) is 0.400. The van der Waals surface area contributed by atoms with E-state index in [4.69, 9.17) is 4.74 Å². The van der Waals surface area contributed by atoms with Crippen molar-refractivity contribution in [1.82, 2.24) is 9.88 Å². The molecule has 1 saturated heterocycles. The third-order valence-electron chi connectivity index (χ3n) is 6.46. The SMILES string of the molecule is COC(=O)c1ccc2c(c1)/C(=C(/Nc1ccc(CN3CCCCC3)cc1)c1cccnc1)C(=O)N2. The van der Waals surface area contributed by atoms with E-state index in [0.717, 1.165) is 30.9 Å². The molecule has 7 nitrogen and oxygen atoms in total. The minimum atomic E-state index is -0.452. The molecule has 0 saturated carbocycles. The van der Waals surface area contributed by atoms with Gasteiger partial charge >= 0.3 is 5.97 Å². The molecule has 0 spiro atoms. The molecule has 0 aliphatic carbocycles. The summed E-state index contributed by atoms with van der Waals surface area (Å²) < 4.78 is 4.88. The summed E-state index contributed by atoms with van der Waals surface area (Å²) in [5, 5.41) is 6.36. The first-order valence-electron chi connectivity index (χ1n) is 11.9. The molecule has 2 N–H and O–H groups in total. The molecule has 1 fully saturated rings. The number of likely N-dealkylation sites (tertiary alicyclic amines) is 1. The van der Waals surface area contributed by atoms with Crippen molar-refractivity contribution >= 4 is 34.5 Å². The Labute approximate surface area is 204 Å². The Hall–Kier alpha value is -3.97. The van der Waals surface area contributed by atoms with E-state index in [0.29, 0.717) is 28.1 Å². The molecule has 2 aliphatic rings. The number of rotatable bonds is 6. The molecule has 5 rings (SSSR count). The van der Waals surface area contributed by atoms with Gasteiger partial charge in [0.05, 0.1) is 23.9 Å². The van der Waals surface area contributed by atoms with Gasteiger partial charge in [-0.15, -0.1) is 0 Å². The van der Waals surface area contributed by atoms with Crippen molar-refractivity contribution in [3.63, 3.8) is 0 Å². The fraction of sp³-hybridized carbons (Fsp3) is 0.250. The van der Waals surface area contributed by atoms with E-state index in [1.807, 2.05) is 24.3 Å². The minimum Gasteiger partial charge on any atom is -0.465 e. The normalized spacial score (nSPS) is 16.9. The molecule has 2 aliphatic heterocycles. The molecule has 0 atom stereocenters. The lowest BCUT2D eigenvalue weighted by Gasteiger charge is -2.26. The summed E-state index contributed by atoms with van der Waals surface area (Å²) in [5.41, 5.74) is 5.66. The molecule has 0 radical (unpaired) electrons. The van der Waals surface area contributed by atoms with Crippen LogP contribution in [0, 0.1) is 0 Å². The van der Waals surface area contributed by atoms with Crippen molar-refractivity contribution in [3.8, 4) is 0 Å². The fourth-order valence-corrected chi connectivity index (χ4v) is 4.66.